The van der Waals surface area contributed by atoms with Crippen LogP contribution in [0.4, 0.5) is 0 Å². The molecule has 148 valence electrons. The number of hydrogen-bond donors (Lipinski definition) is 1. The van der Waals surface area contributed by atoms with Crippen LogP contribution in [0.2, 0.25) is 0 Å². The van der Waals surface area contributed by atoms with Crippen molar-refractivity contribution in [1.82, 2.24) is 15.4 Å². The van der Waals surface area contributed by atoms with E-state index in [4.69, 9.17) is 9.26 Å². The van der Waals surface area contributed by atoms with Gasteiger partial charge in [-0.3, -0.25) is 9.59 Å². The summed E-state index contributed by atoms with van der Waals surface area (Å²) in [5.74, 6) is 0.758. The highest BCUT2D eigenvalue weighted by atomic mass is 16.5. The first-order valence-electron chi connectivity index (χ1n) is 9.89. The number of hydrogen-bond acceptors (Lipinski definition) is 5. The lowest BCUT2D eigenvalue weighted by molar-refractivity contribution is 0.0486. The van der Waals surface area contributed by atoms with Crippen LogP contribution < -0.4 is 5.32 Å². The Morgan fingerprint density at radius 2 is 2.00 bits per heavy atom. The number of carbonyl (C=O) groups is 2. The first-order valence-corrected chi connectivity index (χ1v) is 9.89. The molecule has 1 aliphatic carbocycles. The zero-order valence-corrected chi connectivity index (χ0v) is 15.8. The molecule has 1 atom stereocenters. The first-order chi connectivity index (χ1) is 13.7. The molecule has 2 aliphatic rings. The van der Waals surface area contributed by atoms with Crippen LogP contribution in [0.3, 0.4) is 0 Å². The fourth-order valence-corrected chi connectivity index (χ4v) is 3.35. The van der Waals surface area contributed by atoms with Crippen molar-refractivity contribution in [2.45, 2.75) is 38.3 Å². The molecule has 0 bridgehead atoms. The summed E-state index contributed by atoms with van der Waals surface area (Å²) in [4.78, 5) is 26.9. The summed E-state index contributed by atoms with van der Waals surface area (Å²) in [5, 5.41) is 6.75. The monoisotopic (exact) mass is 383 g/mol. The molecule has 2 aromatic rings. The van der Waals surface area contributed by atoms with E-state index in [1.54, 1.807) is 23.1 Å². The average Bonchev–Trinajstić information content (AvgIpc) is 3.19. The normalized spacial score (nSPS) is 18.8. The van der Waals surface area contributed by atoms with Gasteiger partial charge in [0.15, 0.2) is 11.5 Å². The molecule has 0 radical (unpaired) electrons. The number of aromatic nitrogens is 1. The summed E-state index contributed by atoms with van der Waals surface area (Å²) in [7, 11) is 0. The third-order valence-electron chi connectivity index (χ3n) is 5.14. The van der Waals surface area contributed by atoms with Crippen LogP contribution >= 0.6 is 0 Å². The lowest BCUT2D eigenvalue weighted by Crippen LogP contribution is -2.36. The number of nitrogens with one attached hydrogen (secondary N) is 1. The second-order valence-corrected chi connectivity index (χ2v) is 7.52. The minimum absolute atomic E-state index is 0.0249. The molecular formula is C21H25N3O4. The molecule has 2 fully saturated rings. The van der Waals surface area contributed by atoms with Gasteiger partial charge in [-0.05, 0) is 43.7 Å². The Hall–Kier alpha value is -2.67. The highest BCUT2D eigenvalue weighted by Gasteiger charge is 2.26. The van der Waals surface area contributed by atoms with Crippen molar-refractivity contribution in [3.8, 4) is 0 Å². The maximum atomic E-state index is 13.0. The van der Waals surface area contributed by atoms with Crippen molar-refractivity contribution in [2.24, 2.45) is 5.92 Å². The molecule has 1 aromatic carbocycles. The summed E-state index contributed by atoms with van der Waals surface area (Å²) in [6, 6.07) is 10.8. The Labute approximate surface area is 164 Å². The van der Waals surface area contributed by atoms with E-state index < -0.39 is 0 Å². The van der Waals surface area contributed by atoms with Gasteiger partial charge in [-0.1, -0.05) is 23.4 Å². The van der Waals surface area contributed by atoms with Crippen LogP contribution in [0, 0.1) is 5.92 Å². The van der Waals surface area contributed by atoms with Crippen LogP contribution in [0.25, 0.3) is 0 Å². The topological polar surface area (TPSA) is 84.7 Å². The van der Waals surface area contributed by atoms with Crippen LogP contribution in [0.1, 0.15) is 52.3 Å². The smallest absolute Gasteiger partial charge is 0.273 e. The highest BCUT2D eigenvalue weighted by Crippen LogP contribution is 2.27. The zero-order chi connectivity index (χ0) is 19.3. The predicted octanol–water partition coefficient (Wildman–Crippen LogP) is 2.64. The van der Waals surface area contributed by atoms with Gasteiger partial charge in [0.25, 0.3) is 11.8 Å². The van der Waals surface area contributed by atoms with E-state index in [0.29, 0.717) is 30.3 Å². The Balaban J connectivity index is 1.43. The maximum absolute atomic E-state index is 13.0. The molecule has 4 rings (SSSR count). The standard InChI is InChI=1S/C21H25N3O4/c25-20(22-12-15-8-9-15)19-11-18(28-23-19)14-24(13-17-7-4-10-27-17)21(26)16-5-2-1-3-6-16/h1-3,5-6,11,15,17H,4,7-10,12-14H2,(H,22,25). The molecule has 0 spiro atoms. The third-order valence-corrected chi connectivity index (χ3v) is 5.14. The molecule has 28 heavy (non-hydrogen) atoms. The van der Waals surface area contributed by atoms with E-state index in [9.17, 15) is 9.59 Å². The summed E-state index contributed by atoms with van der Waals surface area (Å²) in [5.41, 5.74) is 0.863. The summed E-state index contributed by atoms with van der Waals surface area (Å²) >= 11 is 0. The van der Waals surface area contributed by atoms with Crippen molar-refractivity contribution < 1.29 is 18.8 Å². The minimum atomic E-state index is -0.234. The van der Waals surface area contributed by atoms with E-state index in [1.807, 2.05) is 18.2 Å². The molecule has 7 nitrogen and oxygen atoms in total. The van der Waals surface area contributed by atoms with Crippen LogP contribution in [-0.4, -0.2) is 47.7 Å². The molecule has 2 amide bonds. The van der Waals surface area contributed by atoms with Gasteiger partial charge in [0.2, 0.25) is 0 Å². The summed E-state index contributed by atoms with van der Waals surface area (Å²) in [6.45, 7) is 2.14. The Kier molecular flexibility index (Phi) is 5.71. The van der Waals surface area contributed by atoms with Gasteiger partial charge in [0.05, 0.1) is 12.6 Å². The minimum Gasteiger partial charge on any atom is -0.376 e. The molecule has 1 aromatic heterocycles. The van der Waals surface area contributed by atoms with Gasteiger partial charge >= 0.3 is 0 Å². The second-order valence-electron chi connectivity index (χ2n) is 7.52. The third kappa shape index (κ3) is 4.78. The fraction of sp³-hybridized carbons (Fsp3) is 0.476. The lowest BCUT2D eigenvalue weighted by atomic mass is 10.1. The number of ether oxygens (including phenoxy) is 1. The van der Waals surface area contributed by atoms with Crippen molar-refractivity contribution in [1.29, 1.82) is 0 Å². The van der Waals surface area contributed by atoms with E-state index in [-0.39, 0.29) is 30.2 Å². The van der Waals surface area contributed by atoms with Crippen molar-refractivity contribution in [3.05, 3.63) is 53.4 Å². The Morgan fingerprint density at radius 3 is 2.71 bits per heavy atom. The zero-order valence-electron chi connectivity index (χ0n) is 15.8. The predicted molar refractivity (Wildman–Crippen MR) is 102 cm³/mol. The van der Waals surface area contributed by atoms with Crippen molar-refractivity contribution in [2.75, 3.05) is 19.7 Å². The van der Waals surface area contributed by atoms with E-state index in [1.165, 1.54) is 12.8 Å². The van der Waals surface area contributed by atoms with Crippen LogP contribution in [0.15, 0.2) is 40.9 Å². The summed E-state index contributed by atoms with van der Waals surface area (Å²) in [6.07, 6.45) is 4.31. The number of amides is 2. The number of nitrogens with zero attached hydrogens (tertiary/aromatic N) is 2. The molecule has 1 saturated carbocycles. The average molecular weight is 383 g/mol. The van der Waals surface area contributed by atoms with Gasteiger partial charge in [-0.15, -0.1) is 0 Å². The maximum Gasteiger partial charge on any atom is 0.273 e. The molecular weight excluding hydrogens is 358 g/mol. The number of rotatable bonds is 8. The number of carbonyl (C=O) groups excluding carboxylic acids is 2. The van der Waals surface area contributed by atoms with E-state index in [0.717, 1.165) is 19.4 Å². The van der Waals surface area contributed by atoms with Crippen molar-refractivity contribution >= 4 is 11.8 Å². The molecule has 1 aliphatic heterocycles. The second kappa shape index (κ2) is 8.56. The van der Waals surface area contributed by atoms with Crippen LogP contribution in [0.5, 0.6) is 0 Å². The van der Waals surface area contributed by atoms with Gasteiger partial charge in [-0.25, -0.2) is 0 Å². The van der Waals surface area contributed by atoms with Crippen molar-refractivity contribution in [3.63, 3.8) is 0 Å². The fourth-order valence-electron chi connectivity index (χ4n) is 3.35. The van der Waals surface area contributed by atoms with Crippen LogP contribution in [-0.2, 0) is 11.3 Å². The molecule has 7 heteroatoms. The largest absolute Gasteiger partial charge is 0.376 e. The molecule has 1 unspecified atom stereocenters. The van der Waals surface area contributed by atoms with Gasteiger partial charge in [-0.2, -0.15) is 0 Å². The molecule has 1 saturated heterocycles. The lowest BCUT2D eigenvalue weighted by Gasteiger charge is -2.24. The molecule has 2 heterocycles. The van der Waals surface area contributed by atoms with Gasteiger partial charge in [0, 0.05) is 31.3 Å². The van der Waals surface area contributed by atoms with Gasteiger partial charge in [0.1, 0.15) is 0 Å². The summed E-state index contributed by atoms with van der Waals surface area (Å²) < 4.78 is 11.1. The van der Waals surface area contributed by atoms with E-state index in [2.05, 4.69) is 10.5 Å². The SMILES string of the molecule is O=C(NCC1CC1)c1cc(CN(CC2CCCO2)C(=O)c2ccccc2)on1. The molecule has 1 N–H and O–H groups in total. The first kappa shape index (κ1) is 18.7. The highest BCUT2D eigenvalue weighted by molar-refractivity contribution is 5.94. The Bertz CT molecular complexity index is 810. The van der Waals surface area contributed by atoms with E-state index >= 15 is 0 Å². The Morgan fingerprint density at radius 1 is 1.18 bits per heavy atom. The quantitative estimate of drug-likeness (QED) is 0.757. The number of benzene rings is 1. The van der Waals surface area contributed by atoms with Gasteiger partial charge < -0.3 is 19.5 Å².